The first-order valence-electron chi connectivity index (χ1n) is 4.45. The second kappa shape index (κ2) is 3.09. The number of benzene rings is 1. The summed E-state index contributed by atoms with van der Waals surface area (Å²) in [5, 5.41) is 9.22. The van der Waals surface area contributed by atoms with Crippen LogP contribution in [0, 0.1) is 0 Å². The van der Waals surface area contributed by atoms with Gasteiger partial charge in [-0.1, -0.05) is 6.92 Å². The van der Waals surface area contributed by atoms with Gasteiger partial charge in [-0.3, -0.25) is 0 Å². The number of aromatic nitrogens is 2. The Kier molecular flexibility index (Phi) is 1.93. The molecule has 0 saturated heterocycles. The van der Waals surface area contributed by atoms with E-state index in [2.05, 4.69) is 16.5 Å². The van der Waals surface area contributed by atoms with Crippen molar-refractivity contribution in [3.05, 3.63) is 24.5 Å². The Morgan fingerprint density at radius 1 is 1.46 bits per heavy atom. The summed E-state index contributed by atoms with van der Waals surface area (Å²) < 4.78 is 2.09. The predicted octanol–water partition coefficient (Wildman–Crippen LogP) is 2.15. The van der Waals surface area contributed by atoms with Crippen molar-refractivity contribution in [2.75, 3.05) is 0 Å². The van der Waals surface area contributed by atoms with Crippen LogP contribution in [0.5, 0.6) is 5.75 Å². The van der Waals surface area contributed by atoms with Crippen LogP contribution in [0.2, 0.25) is 0 Å². The highest BCUT2D eigenvalue weighted by molar-refractivity contribution is 5.76. The van der Waals surface area contributed by atoms with E-state index in [-0.39, 0.29) is 5.75 Å². The Morgan fingerprint density at radius 3 is 3.08 bits per heavy atom. The first-order chi connectivity index (χ1) is 6.31. The minimum atomic E-state index is 0.272. The summed E-state index contributed by atoms with van der Waals surface area (Å²) >= 11 is 0. The van der Waals surface area contributed by atoms with Crippen LogP contribution >= 0.6 is 0 Å². The highest BCUT2D eigenvalue weighted by Gasteiger charge is 2.01. The summed E-state index contributed by atoms with van der Waals surface area (Å²) in [6.07, 6.45) is 2.90. The molecule has 68 valence electrons. The van der Waals surface area contributed by atoms with E-state index < -0.39 is 0 Å². The van der Waals surface area contributed by atoms with Gasteiger partial charge in [0.1, 0.15) is 5.75 Å². The molecule has 0 amide bonds. The van der Waals surface area contributed by atoms with Crippen molar-refractivity contribution in [2.24, 2.45) is 0 Å². The zero-order chi connectivity index (χ0) is 9.26. The third kappa shape index (κ3) is 1.37. The van der Waals surface area contributed by atoms with Crippen LogP contribution in [0.25, 0.3) is 11.0 Å². The molecule has 0 spiro atoms. The summed E-state index contributed by atoms with van der Waals surface area (Å²) in [4.78, 5) is 4.20. The molecule has 0 bridgehead atoms. The van der Waals surface area contributed by atoms with Gasteiger partial charge in [-0.05, 0) is 18.6 Å². The molecule has 0 aliphatic carbocycles. The quantitative estimate of drug-likeness (QED) is 0.761. The number of aryl methyl sites for hydroxylation is 1. The van der Waals surface area contributed by atoms with E-state index >= 15 is 0 Å². The number of fused-ring (bicyclic) bond motifs is 1. The van der Waals surface area contributed by atoms with Crippen LogP contribution in [0.4, 0.5) is 0 Å². The monoisotopic (exact) mass is 176 g/mol. The molecule has 0 atom stereocenters. The molecular formula is C10H12N2O. The van der Waals surface area contributed by atoms with Gasteiger partial charge in [0.15, 0.2) is 0 Å². The molecule has 1 aromatic carbocycles. The zero-order valence-corrected chi connectivity index (χ0v) is 7.57. The van der Waals surface area contributed by atoms with Crippen LogP contribution < -0.4 is 0 Å². The van der Waals surface area contributed by atoms with Gasteiger partial charge >= 0.3 is 0 Å². The first-order valence-corrected chi connectivity index (χ1v) is 4.45. The number of hydrogen-bond donors (Lipinski definition) is 1. The largest absolute Gasteiger partial charge is 0.508 e. The molecule has 2 aromatic rings. The number of aromatic hydroxyl groups is 1. The average Bonchev–Trinajstić information content (AvgIpc) is 2.49. The van der Waals surface area contributed by atoms with Crippen LogP contribution in [-0.2, 0) is 6.54 Å². The number of imidazole rings is 1. The van der Waals surface area contributed by atoms with Gasteiger partial charge in [0.05, 0.1) is 17.4 Å². The molecule has 0 saturated carbocycles. The molecule has 1 N–H and O–H groups in total. The van der Waals surface area contributed by atoms with Gasteiger partial charge in [0, 0.05) is 12.6 Å². The van der Waals surface area contributed by atoms with E-state index in [9.17, 15) is 5.11 Å². The summed E-state index contributed by atoms with van der Waals surface area (Å²) in [5.41, 5.74) is 1.94. The number of hydrogen-bond acceptors (Lipinski definition) is 2. The number of nitrogens with zero attached hydrogens (tertiary/aromatic N) is 2. The Hall–Kier alpha value is -1.51. The topological polar surface area (TPSA) is 38.0 Å². The van der Waals surface area contributed by atoms with Crippen molar-refractivity contribution >= 4 is 11.0 Å². The summed E-state index contributed by atoms with van der Waals surface area (Å²) in [7, 11) is 0. The molecule has 0 aliphatic heterocycles. The Bertz CT molecular complexity index is 420. The molecule has 1 heterocycles. The highest BCUT2D eigenvalue weighted by Crippen LogP contribution is 2.18. The van der Waals surface area contributed by atoms with Crippen LogP contribution in [0.1, 0.15) is 13.3 Å². The lowest BCUT2D eigenvalue weighted by Gasteiger charge is -2.00. The van der Waals surface area contributed by atoms with Crippen LogP contribution in [0.3, 0.4) is 0 Å². The second-order valence-electron chi connectivity index (χ2n) is 3.11. The fourth-order valence-corrected chi connectivity index (χ4v) is 1.47. The molecule has 2 rings (SSSR count). The Morgan fingerprint density at radius 2 is 2.31 bits per heavy atom. The van der Waals surface area contributed by atoms with E-state index in [1.54, 1.807) is 12.1 Å². The summed E-state index contributed by atoms with van der Waals surface area (Å²) in [5.74, 6) is 0.272. The van der Waals surface area contributed by atoms with Crippen molar-refractivity contribution < 1.29 is 5.11 Å². The Labute approximate surface area is 76.6 Å². The molecule has 0 aliphatic rings. The molecule has 0 fully saturated rings. The van der Waals surface area contributed by atoms with Crippen molar-refractivity contribution in [2.45, 2.75) is 19.9 Å². The standard InChI is InChI=1S/C10H12N2O/c1-2-5-12-7-11-9-6-8(13)3-4-10(9)12/h3-4,6-7,13H,2,5H2,1H3. The normalized spacial score (nSPS) is 10.8. The maximum absolute atomic E-state index is 9.22. The first kappa shape index (κ1) is 8.10. The SMILES string of the molecule is CCCn1cnc2cc(O)ccc21. The van der Waals surface area contributed by atoms with Crippen molar-refractivity contribution in [1.29, 1.82) is 0 Å². The average molecular weight is 176 g/mol. The Balaban J connectivity index is 2.55. The predicted molar refractivity (Wildman–Crippen MR) is 51.7 cm³/mol. The van der Waals surface area contributed by atoms with Gasteiger partial charge in [0.25, 0.3) is 0 Å². The minimum Gasteiger partial charge on any atom is -0.508 e. The highest BCUT2D eigenvalue weighted by atomic mass is 16.3. The number of phenolic OH excluding ortho intramolecular Hbond substituents is 1. The lowest BCUT2D eigenvalue weighted by atomic mass is 10.3. The third-order valence-electron chi connectivity index (χ3n) is 2.07. The van der Waals surface area contributed by atoms with Gasteiger partial charge in [0.2, 0.25) is 0 Å². The van der Waals surface area contributed by atoms with Crippen molar-refractivity contribution in [1.82, 2.24) is 9.55 Å². The van der Waals surface area contributed by atoms with E-state index in [0.717, 1.165) is 24.0 Å². The fraction of sp³-hybridized carbons (Fsp3) is 0.300. The smallest absolute Gasteiger partial charge is 0.117 e. The second-order valence-corrected chi connectivity index (χ2v) is 3.11. The van der Waals surface area contributed by atoms with Gasteiger partial charge in [-0.2, -0.15) is 0 Å². The maximum atomic E-state index is 9.22. The maximum Gasteiger partial charge on any atom is 0.117 e. The summed E-state index contributed by atoms with van der Waals surface area (Å²) in [6, 6.07) is 5.27. The van der Waals surface area contributed by atoms with Gasteiger partial charge in [-0.25, -0.2) is 4.98 Å². The molecule has 0 radical (unpaired) electrons. The molecule has 0 unspecified atom stereocenters. The van der Waals surface area contributed by atoms with E-state index in [1.807, 2.05) is 12.4 Å². The van der Waals surface area contributed by atoms with E-state index in [0.29, 0.717) is 0 Å². The van der Waals surface area contributed by atoms with Crippen molar-refractivity contribution in [3.63, 3.8) is 0 Å². The van der Waals surface area contributed by atoms with Crippen LogP contribution in [0.15, 0.2) is 24.5 Å². The zero-order valence-electron chi connectivity index (χ0n) is 7.57. The minimum absolute atomic E-state index is 0.272. The molecular weight excluding hydrogens is 164 g/mol. The molecule has 1 aromatic heterocycles. The fourth-order valence-electron chi connectivity index (χ4n) is 1.47. The lowest BCUT2D eigenvalue weighted by molar-refractivity contribution is 0.476. The third-order valence-corrected chi connectivity index (χ3v) is 2.07. The molecule has 3 nitrogen and oxygen atoms in total. The van der Waals surface area contributed by atoms with E-state index in [1.165, 1.54) is 0 Å². The number of rotatable bonds is 2. The van der Waals surface area contributed by atoms with E-state index in [4.69, 9.17) is 0 Å². The van der Waals surface area contributed by atoms with Gasteiger partial charge in [-0.15, -0.1) is 0 Å². The van der Waals surface area contributed by atoms with Gasteiger partial charge < -0.3 is 9.67 Å². The molecule has 13 heavy (non-hydrogen) atoms. The van der Waals surface area contributed by atoms with Crippen molar-refractivity contribution in [3.8, 4) is 5.75 Å². The lowest BCUT2D eigenvalue weighted by Crippen LogP contribution is -1.93. The van der Waals surface area contributed by atoms with Crippen LogP contribution in [-0.4, -0.2) is 14.7 Å². The number of phenols is 1. The molecule has 3 heteroatoms. The summed E-state index contributed by atoms with van der Waals surface area (Å²) in [6.45, 7) is 3.10.